The number of hydrogen-bond donors (Lipinski definition) is 2. The van der Waals surface area contributed by atoms with Crippen LogP contribution in [0, 0.1) is 11.6 Å². The zero-order valence-corrected chi connectivity index (χ0v) is 22.9. The number of hydrogen-bond acceptors (Lipinski definition) is 7. The molecule has 0 saturated carbocycles. The Hall–Kier alpha value is -3.28. The second-order valence-corrected chi connectivity index (χ2v) is 10.3. The molecule has 204 valence electrons. The zero-order valence-electron chi connectivity index (χ0n) is 21.3. The van der Waals surface area contributed by atoms with E-state index in [2.05, 4.69) is 41.9 Å². The Bertz CT molecular complexity index is 1430. The third-order valence-corrected chi connectivity index (χ3v) is 7.86. The molecule has 3 aromatic rings. The van der Waals surface area contributed by atoms with Crippen LogP contribution in [0.15, 0.2) is 73.5 Å². The van der Waals surface area contributed by atoms with E-state index in [1.165, 1.54) is 13.0 Å². The number of rotatable bonds is 9. The van der Waals surface area contributed by atoms with E-state index >= 15 is 0 Å². The quantitative estimate of drug-likeness (QED) is 0.343. The molecule has 2 aliphatic heterocycles. The number of piperidine rings is 1. The highest BCUT2D eigenvalue weighted by Crippen LogP contribution is 2.48. The summed E-state index contributed by atoms with van der Waals surface area (Å²) in [6, 6.07) is 11.6. The molecule has 0 radical (unpaired) electrons. The largest absolute Gasteiger partial charge is 0.363 e. The van der Waals surface area contributed by atoms with Crippen LogP contribution in [0.2, 0.25) is 0 Å². The normalized spacial score (nSPS) is 20.7. The van der Waals surface area contributed by atoms with Gasteiger partial charge in [0.15, 0.2) is 17.4 Å². The highest BCUT2D eigenvalue weighted by molar-refractivity contribution is 9.10. The van der Waals surface area contributed by atoms with Crippen molar-refractivity contribution in [1.29, 1.82) is 0 Å². The molecule has 1 amide bonds. The van der Waals surface area contributed by atoms with E-state index < -0.39 is 23.2 Å². The molecular formula is C28H28BrF2N5O3. The van der Waals surface area contributed by atoms with Crippen LogP contribution in [0.4, 0.5) is 8.78 Å². The maximum absolute atomic E-state index is 14.5. The molecule has 1 aromatic heterocycles. The van der Waals surface area contributed by atoms with Gasteiger partial charge in [0.2, 0.25) is 5.91 Å². The molecule has 0 unspecified atom stereocenters. The number of carbonyl (C=O) groups is 1. The van der Waals surface area contributed by atoms with Crippen molar-refractivity contribution < 1.29 is 22.8 Å². The fourth-order valence-corrected chi connectivity index (χ4v) is 5.79. The summed E-state index contributed by atoms with van der Waals surface area (Å²) in [5.41, 5.74) is 2.57. The van der Waals surface area contributed by atoms with E-state index in [0.717, 1.165) is 17.2 Å². The van der Waals surface area contributed by atoms with Gasteiger partial charge >= 0.3 is 0 Å². The van der Waals surface area contributed by atoms with Gasteiger partial charge in [-0.15, -0.1) is 0 Å². The first-order valence-electron chi connectivity index (χ1n) is 12.7. The van der Waals surface area contributed by atoms with Crippen LogP contribution in [-0.2, 0) is 21.6 Å². The second kappa shape index (κ2) is 11.8. The van der Waals surface area contributed by atoms with Crippen LogP contribution in [0.1, 0.15) is 36.1 Å². The van der Waals surface area contributed by atoms with Crippen molar-refractivity contribution in [1.82, 2.24) is 15.8 Å². The average molecular weight is 600 g/mol. The van der Waals surface area contributed by atoms with Gasteiger partial charge in [0.1, 0.15) is 11.3 Å². The Morgan fingerprint density at radius 3 is 2.87 bits per heavy atom. The van der Waals surface area contributed by atoms with Gasteiger partial charge in [-0.2, -0.15) is 10.2 Å². The minimum atomic E-state index is -1.04. The molecule has 11 heteroatoms. The van der Waals surface area contributed by atoms with E-state index in [1.54, 1.807) is 6.07 Å². The van der Waals surface area contributed by atoms with Crippen molar-refractivity contribution in [3.63, 3.8) is 0 Å². The number of carbonyl (C=O) groups excluding carboxylic acids is 1. The minimum Gasteiger partial charge on any atom is -0.363 e. The van der Waals surface area contributed by atoms with Gasteiger partial charge in [-0.05, 0) is 64.7 Å². The van der Waals surface area contributed by atoms with Gasteiger partial charge in [0, 0.05) is 25.6 Å². The summed E-state index contributed by atoms with van der Waals surface area (Å²) in [4.78, 5) is 11.4. The average Bonchev–Trinajstić information content (AvgIpc) is 3.59. The molecule has 3 heterocycles. The number of ether oxygens (including phenoxy) is 1. The fourth-order valence-electron chi connectivity index (χ4n) is 5.16. The van der Waals surface area contributed by atoms with Gasteiger partial charge in [0.05, 0.1) is 29.2 Å². The van der Waals surface area contributed by atoms with Gasteiger partial charge in [-0.1, -0.05) is 35.5 Å². The number of aromatic nitrogens is 1. The van der Waals surface area contributed by atoms with Crippen molar-refractivity contribution in [3.8, 4) is 11.3 Å². The third kappa shape index (κ3) is 5.70. The Morgan fingerprint density at radius 2 is 2.10 bits per heavy atom. The molecule has 2 N–H and O–H groups in total. The van der Waals surface area contributed by atoms with Gasteiger partial charge in [-0.3, -0.25) is 4.79 Å². The third-order valence-electron chi connectivity index (χ3n) is 7.10. The summed E-state index contributed by atoms with van der Waals surface area (Å²) in [6.07, 6.45) is 2.96. The molecular weight excluding hydrogens is 572 g/mol. The van der Waals surface area contributed by atoms with E-state index in [0.29, 0.717) is 66.2 Å². The summed E-state index contributed by atoms with van der Waals surface area (Å²) >= 11 is 3.73. The van der Waals surface area contributed by atoms with Crippen LogP contribution < -0.4 is 10.6 Å². The van der Waals surface area contributed by atoms with Crippen molar-refractivity contribution in [2.24, 2.45) is 10.2 Å². The highest BCUT2D eigenvalue weighted by atomic mass is 79.9. The lowest BCUT2D eigenvalue weighted by atomic mass is 9.74. The van der Waals surface area contributed by atoms with Gasteiger partial charge in [-0.25, -0.2) is 8.78 Å². The van der Waals surface area contributed by atoms with Crippen LogP contribution in [0.25, 0.3) is 11.3 Å². The van der Waals surface area contributed by atoms with Crippen LogP contribution in [-0.4, -0.2) is 43.8 Å². The van der Waals surface area contributed by atoms with E-state index in [-0.39, 0.29) is 12.5 Å². The maximum Gasteiger partial charge on any atom is 0.216 e. The van der Waals surface area contributed by atoms with Gasteiger partial charge in [0.25, 0.3) is 0 Å². The van der Waals surface area contributed by atoms with Crippen molar-refractivity contribution in [2.45, 2.75) is 31.3 Å². The van der Waals surface area contributed by atoms with Crippen LogP contribution in [0.3, 0.4) is 0 Å². The monoisotopic (exact) mass is 599 g/mol. The number of benzene rings is 2. The first-order valence-corrected chi connectivity index (χ1v) is 13.5. The van der Waals surface area contributed by atoms with Crippen molar-refractivity contribution >= 4 is 21.8 Å². The molecule has 0 aliphatic carbocycles. The first kappa shape index (κ1) is 27.3. The number of halogens is 3. The molecule has 0 bridgehead atoms. The zero-order chi connectivity index (χ0) is 27.4. The van der Waals surface area contributed by atoms with Crippen LogP contribution >= 0.6 is 15.9 Å². The van der Waals surface area contributed by atoms with Crippen LogP contribution in [0.5, 0.6) is 0 Å². The summed E-state index contributed by atoms with van der Waals surface area (Å²) in [7, 11) is 0. The predicted molar refractivity (Wildman–Crippen MR) is 144 cm³/mol. The van der Waals surface area contributed by atoms with Crippen molar-refractivity contribution in [2.75, 3.05) is 32.8 Å². The Labute approximate surface area is 233 Å². The van der Waals surface area contributed by atoms with E-state index in [9.17, 15) is 13.6 Å². The topological polar surface area (TPSA) is 101 Å². The van der Waals surface area contributed by atoms with Crippen molar-refractivity contribution in [3.05, 3.63) is 87.2 Å². The summed E-state index contributed by atoms with van der Waals surface area (Å²) in [5, 5.41) is 18.8. The standard InChI is InChI=1S/C28H28BrF2N5O3/c1-17(37)33-11-8-18-4-2-3-5-21(18)27-25(29)26(36-39-27)22-15-32-13-10-28(22,38-16-20-9-12-34-35-20)19-6-7-23(30)24(31)14-19/h2-7,9,14,22,32H,8,10-13,15-16H2,1H3,(H,33,37)/t22-,28+/m1/s1. The number of amides is 1. The molecule has 1 saturated heterocycles. The highest BCUT2D eigenvalue weighted by Gasteiger charge is 2.47. The Kier molecular flexibility index (Phi) is 8.29. The maximum atomic E-state index is 14.5. The second-order valence-electron chi connectivity index (χ2n) is 9.53. The summed E-state index contributed by atoms with van der Waals surface area (Å²) < 4.78 is 41.6. The number of nitrogens with zero attached hydrogens (tertiary/aromatic N) is 3. The SMILES string of the molecule is CC(=O)NCCc1ccccc1-c1onc([C@H]2CNCC[C@]2(OCC2=CCN=N2)c2ccc(F)c(F)c2)c1Br. The predicted octanol–water partition coefficient (Wildman–Crippen LogP) is 5.40. The molecule has 2 atom stereocenters. The number of azo groups is 1. The van der Waals surface area contributed by atoms with Gasteiger partial charge < -0.3 is 19.9 Å². The smallest absolute Gasteiger partial charge is 0.216 e. The summed E-state index contributed by atoms with van der Waals surface area (Å²) in [5.74, 6) is -1.83. The molecule has 2 aliphatic rings. The molecule has 2 aromatic carbocycles. The molecule has 0 spiro atoms. The number of nitrogens with one attached hydrogen (secondary N) is 2. The van der Waals surface area contributed by atoms with E-state index in [4.69, 9.17) is 9.26 Å². The minimum absolute atomic E-state index is 0.0937. The molecule has 8 nitrogen and oxygen atoms in total. The molecule has 39 heavy (non-hydrogen) atoms. The molecule has 5 rings (SSSR count). The Morgan fingerprint density at radius 1 is 1.26 bits per heavy atom. The van der Waals surface area contributed by atoms with E-state index in [1.807, 2.05) is 30.3 Å². The lowest BCUT2D eigenvalue weighted by Crippen LogP contribution is -2.49. The Balaban J connectivity index is 1.54. The lowest BCUT2D eigenvalue weighted by Gasteiger charge is -2.44. The fraction of sp³-hybridized carbons (Fsp3) is 0.357. The lowest BCUT2D eigenvalue weighted by molar-refractivity contribution is -0.118. The summed E-state index contributed by atoms with van der Waals surface area (Å²) in [6.45, 7) is 3.68. The first-order chi connectivity index (χ1) is 18.9. The molecule has 1 fully saturated rings.